The van der Waals surface area contributed by atoms with Crippen molar-refractivity contribution in [3.63, 3.8) is 0 Å². The molecule has 0 unspecified atom stereocenters. The number of ether oxygens (including phenoxy) is 2. The molecule has 1 aromatic heterocycles. The van der Waals surface area contributed by atoms with Gasteiger partial charge in [0.25, 0.3) is 0 Å². The Kier molecular flexibility index (Phi) is 5.36. The van der Waals surface area contributed by atoms with Crippen molar-refractivity contribution in [3.8, 4) is 11.5 Å². The van der Waals surface area contributed by atoms with Crippen molar-refractivity contribution >= 4 is 17.9 Å². The summed E-state index contributed by atoms with van der Waals surface area (Å²) in [7, 11) is 0. The molecule has 0 saturated carbocycles. The quantitative estimate of drug-likeness (QED) is 0.777. The molecule has 2 N–H and O–H groups in total. The fourth-order valence-corrected chi connectivity index (χ4v) is 2.22. The van der Waals surface area contributed by atoms with E-state index in [1.54, 1.807) is 30.3 Å². The number of carbonyl (C=O) groups is 2. The second-order valence-electron chi connectivity index (χ2n) is 5.31. The zero-order valence-corrected chi connectivity index (χ0v) is 13.5. The Bertz CT molecular complexity index is 768. The number of rotatable bonds is 6. The number of benzene rings is 1. The summed E-state index contributed by atoms with van der Waals surface area (Å²) in [5, 5.41) is 5.17. The molecule has 0 spiro atoms. The molecule has 0 aliphatic carbocycles. The van der Waals surface area contributed by atoms with Gasteiger partial charge in [0.05, 0.1) is 19.4 Å². The second-order valence-corrected chi connectivity index (χ2v) is 5.31. The molecule has 2 heterocycles. The van der Waals surface area contributed by atoms with Crippen molar-refractivity contribution in [2.24, 2.45) is 0 Å². The maximum absolute atomic E-state index is 11.8. The first-order valence-corrected chi connectivity index (χ1v) is 7.85. The molecule has 0 atom stereocenters. The summed E-state index contributed by atoms with van der Waals surface area (Å²) in [4.78, 5) is 23.4. The van der Waals surface area contributed by atoms with E-state index < -0.39 is 0 Å². The Morgan fingerprint density at radius 2 is 1.92 bits per heavy atom. The Hall–Kier alpha value is -3.22. The summed E-state index contributed by atoms with van der Waals surface area (Å²) in [6, 6.07) is 8.93. The van der Waals surface area contributed by atoms with Crippen LogP contribution in [-0.2, 0) is 16.1 Å². The van der Waals surface area contributed by atoms with Crippen LogP contribution in [-0.4, -0.2) is 31.6 Å². The van der Waals surface area contributed by atoms with Crippen molar-refractivity contribution < 1.29 is 23.5 Å². The van der Waals surface area contributed by atoms with Crippen LogP contribution in [0.4, 0.5) is 0 Å². The van der Waals surface area contributed by atoms with Crippen LogP contribution < -0.4 is 20.1 Å². The molecular formula is C18H18N2O5. The first-order valence-electron chi connectivity index (χ1n) is 7.85. The van der Waals surface area contributed by atoms with E-state index in [1.165, 1.54) is 12.3 Å². The van der Waals surface area contributed by atoms with Crippen LogP contribution in [0, 0.1) is 0 Å². The standard InChI is InChI=1S/C18H18N2O5/c21-17(20-12-18(22)19-11-14-2-1-7-23-14)6-4-13-3-5-15-16(10-13)25-9-8-24-15/h1-7,10H,8-9,11-12H2,(H,19,22)(H,20,21)/b6-4+. The Balaban J connectivity index is 1.44. The number of hydrogen-bond acceptors (Lipinski definition) is 5. The second kappa shape index (κ2) is 8.05. The molecule has 0 fully saturated rings. The lowest BCUT2D eigenvalue weighted by Crippen LogP contribution is -2.35. The van der Waals surface area contributed by atoms with Gasteiger partial charge in [-0.25, -0.2) is 0 Å². The molecular weight excluding hydrogens is 324 g/mol. The Morgan fingerprint density at radius 3 is 2.72 bits per heavy atom. The number of nitrogens with one attached hydrogen (secondary N) is 2. The number of furan rings is 1. The van der Waals surface area contributed by atoms with Crippen LogP contribution >= 0.6 is 0 Å². The van der Waals surface area contributed by atoms with Crippen LogP contribution in [0.2, 0.25) is 0 Å². The third-order valence-corrected chi connectivity index (χ3v) is 3.46. The lowest BCUT2D eigenvalue weighted by molar-refractivity contribution is -0.124. The van der Waals surface area contributed by atoms with E-state index in [-0.39, 0.29) is 24.9 Å². The van der Waals surface area contributed by atoms with Crippen molar-refractivity contribution in [3.05, 3.63) is 54.0 Å². The van der Waals surface area contributed by atoms with Crippen molar-refractivity contribution in [2.45, 2.75) is 6.54 Å². The zero-order valence-electron chi connectivity index (χ0n) is 13.5. The molecule has 2 aromatic rings. The molecule has 0 radical (unpaired) electrons. The maximum Gasteiger partial charge on any atom is 0.244 e. The highest BCUT2D eigenvalue weighted by Gasteiger charge is 2.11. The summed E-state index contributed by atoms with van der Waals surface area (Å²) in [5.41, 5.74) is 0.807. The third-order valence-electron chi connectivity index (χ3n) is 3.46. The summed E-state index contributed by atoms with van der Waals surface area (Å²) in [6.45, 7) is 1.22. The molecule has 130 valence electrons. The maximum atomic E-state index is 11.8. The Morgan fingerprint density at radius 1 is 1.08 bits per heavy atom. The van der Waals surface area contributed by atoms with Gasteiger partial charge in [0, 0.05) is 6.08 Å². The molecule has 3 rings (SSSR count). The van der Waals surface area contributed by atoms with Gasteiger partial charge in [0.15, 0.2) is 11.5 Å². The van der Waals surface area contributed by atoms with E-state index in [0.29, 0.717) is 30.5 Å². The van der Waals surface area contributed by atoms with Gasteiger partial charge < -0.3 is 24.5 Å². The largest absolute Gasteiger partial charge is 0.486 e. The van der Waals surface area contributed by atoms with Crippen LogP contribution in [0.3, 0.4) is 0 Å². The lowest BCUT2D eigenvalue weighted by Gasteiger charge is -2.18. The van der Waals surface area contributed by atoms with E-state index in [1.807, 2.05) is 6.07 Å². The van der Waals surface area contributed by atoms with Gasteiger partial charge in [0.2, 0.25) is 11.8 Å². The predicted octanol–water partition coefficient (Wildman–Crippen LogP) is 1.50. The smallest absolute Gasteiger partial charge is 0.244 e. The van der Waals surface area contributed by atoms with Crippen LogP contribution in [0.5, 0.6) is 11.5 Å². The van der Waals surface area contributed by atoms with Crippen molar-refractivity contribution in [1.82, 2.24) is 10.6 Å². The SMILES string of the molecule is O=C(/C=C/c1ccc2c(c1)OCCO2)NCC(=O)NCc1ccco1. The molecule has 0 bridgehead atoms. The van der Waals surface area contributed by atoms with E-state index in [0.717, 1.165) is 5.56 Å². The normalized spacial score (nSPS) is 12.8. The van der Waals surface area contributed by atoms with E-state index >= 15 is 0 Å². The van der Waals surface area contributed by atoms with Crippen LogP contribution in [0.15, 0.2) is 47.1 Å². The summed E-state index contributed by atoms with van der Waals surface area (Å²) in [6.07, 6.45) is 4.55. The molecule has 1 aliphatic rings. The third kappa shape index (κ3) is 4.87. The van der Waals surface area contributed by atoms with Crippen molar-refractivity contribution in [2.75, 3.05) is 19.8 Å². The van der Waals surface area contributed by atoms with Crippen molar-refractivity contribution in [1.29, 1.82) is 0 Å². The first kappa shape index (κ1) is 16.6. The highest BCUT2D eigenvalue weighted by molar-refractivity contribution is 5.94. The highest BCUT2D eigenvalue weighted by atomic mass is 16.6. The molecule has 1 aliphatic heterocycles. The lowest BCUT2D eigenvalue weighted by atomic mass is 10.2. The van der Waals surface area contributed by atoms with E-state index in [2.05, 4.69) is 10.6 Å². The summed E-state index contributed by atoms with van der Waals surface area (Å²) in [5.74, 6) is 1.35. The van der Waals surface area contributed by atoms with Gasteiger partial charge >= 0.3 is 0 Å². The minimum Gasteiger partial charge on any atom is -0.486 e. The average Bonchev–Trinajstić information content (AvgIpc) is 3.16. The van der Waals surface area contributed by atoms with Gasteiger partial charge in [-0.2, -0.15) is 0 Å². The minimum absolute atomic E-state index is 0.106. The minimum atomic E-state index is -0.358. The molecule has 2 amide bonds. The van der Waals surface area contributed by atoms with Gasteiger partial charge in [-0.1, -0.05) is 6.07 Å². The molecule has 7 heteroatoms. The zero-order chi connectivity index (χ0) is 17.5. The van der Waals surface area contributed by atoms with Crippen LogP contribution in [0.25, 0.3) is 6.08 Å². The first-order chi connectivity index (χ1) is 12.2. The van der Waals surface area contributed by atoms with E-state index in [4.69, 9.17) is 13.9 Å². The van der Waals surface area contributed by atoms with Gasteiger partial charge in [-0.3, -0.25) is 9.59 Å². The fourth-order valence-electron chi connectivity index (χ4n) is 2.22. The van der Waals surface area contributed by atoms with Gasteiger partial charge in [-0.15, -0.1) is 0 Å². The van der Waals surface area contributed by atoms with E-state index in [9.17, 15) is 9.59 Å². The fraction of sp³-hybridized carbons (Fsp3) is 0.222. The van der Waals surface area contributed by atoms with Gasteiger partial charge in [-0.05, 0) is 35.9 Å². The summed E-state index contributed by atoms with van der Waals surface area (Å²) < 4.78 is 16.0. The number of amides is 2. The number of carbonyl (C=O) groups excluding carboxylic acids is 2. The molecule has 7 nitrogen and oxygen atoms in total. The average molecular weight is 342 g/mol. The Labute approximate surface area is 144 Å². The summed E-state index contributed by atoms with van der Waals surface area (Å²) >= 11 is 0. The van der Waals surface area contributed by atoms with Crippen LogP contribution in [0.1, 0.15) is 11.3 Å². The highest BCUT2D eigenvalue weighted by Crippen LogP contribution is 2.30. The molecule has 1 aromatic carbocycles. The number of hydrogen-bond donors (Lipinski definition) is 2. The monoisotopic (exact) mass is 342 g/mol. The van der Waals surface area contributed by atoms with Gasteiger partial charge in [0.1, 0.15) is 19.0 Å². The molecule has 0 saturated heterocycles. The molecule has 25 heavy (non-hydrogen) atoms. The number of fused-ring (bicyclic) bond motifs is 1. The topological polar surface area (TPSA) is 89.8 Å². The predicted molar refractivity (Wildman–Crippen MR) is 90.0 cm³/mol.